The number of aliphatic hydroxyl groups is 1. The van der Waals surface area contributed by atoms with Crippen LogP contribution in [0.5, 0.6) is 0 Å². The fraction of sp³-hybridized carbons (Fsp3) is 0.682. The first-order valence-corrected chi connectivity index (χ1v) is 12.6. The Labute approximate surface area is 202 Å². The van der Waals surface area contributed by atoms with Crippen LogP contribution < -0.4 is 10.6 Å². The normalized spacial score (nSPS) is 20.3. The lowest BCUT2D eigenvalue weighted by molar-refractivity contribution is -0.150. The Morgan fingerprint density at radius 3 is 2.35 bits per heavy atom. The summed E-state index contributed by atoms with van der Waals surface area (Å²) in [6, 6.07) is -1.97. The van der Waals surface area contributed by atoms with Crippen molar-refractivity contribution in [1.82, 2.24) is 15.5 Å². The van der Waals surface area contributed by atoms with Crippen LogP contribution in [0, 0.1) is 0 Å². The molecule has 190 valence electrons. The molecule has 1 saturated heterocycles. The van der Waals surface area contributed by atoms with Gasteiger partial charge in [-0.15, -0.1) is 11.8 Å². The van der Waals surface area contributed by atoms with E-state index in [9.17, 15) is 39.3 Å². The maximum atomic E-state index is 12.4. The highest BCUT2D eigenvalue weighted by Gasteiger charge is 2.54. The Bertz CT molecular complexity index is 831. The van der Waals surface area contributed by atoms with Crippen LogP contribution in [0.1, 0.15) is 64.7 Å². The van der Waals surface area contributed by atoms with Crippen LogP contribution in [0.25, 0.3) is 0 Å². The van der Waals surface area contributed by atoms with E-state index in [1.165, 1.54) is 11.8 Å². The number of unbranched alkanes of at least 4 members (excludes halogenated alkanes) is 4. The topological polar surface area (TPSA) is 173 Å². The molecule has 2 rings (SSSR count). The highest BCUT2D eigenvalue weighted by atomic mass is 32.2. The van der Waals surface area contributed by atoms with Crippen LogP contribution in [-0.2, 0) is 24.0 Å². The summed E-state index contributed by atoms with van der Waals surface area (Å²) in [7, 11) is 0. The second-order valence-corrected chi connectivity index (χ2v) is 9.49. The molecule has 0 aromatic rings. The van der Waals surface area contributed by atoms with Crippen molar-refractivity contribution in [3.05, 3.63) is 11.3 Å². The van der Waals surface area contributed by atoms with Crippen molar-refractivity contribution in [1.29, 1.82) is 0 Å². The van der Waals surface area contributed by atoms with Crippen molar-refractivity contribution in [3.8, 4) is 0 Å². The van der Waals surface area contributed by atoms with E-state index in [2.05, 4.69) is 17.6 Å². The average Bonchev–Trinajstić information content (AvgIpc) is 2.80. The van der Waals surface area contributed by atoms with Gasteiger partial charge in [0.2, 0.25) is 11.8 Å². The molecule has 12 heteroatoms. The number of thioether (sulfide) groups is 1. The molecule has 0 saturated carbocycles. The van der Waals surface area contributed by atoms with E-state index >= 15 is 0 Å². The molecule has 3 atom stereocenters. The second-order valence-electron chi connectivity index (χ2n) is 8.39. The molecule has 11 nitrogen and oxygen atoms in total. The molecular weight excluding hydrogens is 466 g/mol. The molecule has 0 spiro atoms. The first-order chi connectivity index (χ1) is 16.2. The number of carbonyl (C=O) groups excluding carboxylic acids is 3. The van der Waals surface area contributed by atoms with Gasteiger partial charge in [0.25, 0.3) is 5.91 Å². The number of rotatable bonds is 15. The molecule has 0 aliphatic carbocycles. The van der Waals surface area contributed by atoms with Crippen LogP contribution in [0.15, 0.2) is 11.3 Å². The average molecular weight is 500 g/mol. The summed E-state index contributed by atoms with van der Waals surface area (Å²) < 4.78 is 0. The summed E-state index contributed by atoms with van der Waals surface area (Å²) in [5, 5.41) is 32.6. The highest BCUT2D eigenvalue weighted by molar-refractivity contribution is 8.00. The molecule has 2 heterocycles. The van der Waals surface area contributed by atoms with Gasteiger partial charge in [0.1, 0.15) is 23.2 Å². The Balaban J connectivity index is 1.77. The molecule has 0 radical (unpaired) electrons. The number of hydrogen-bond acceptors (Lipinski definition) is 7. The summed E-state index contributed by atoms with van der Waals surface area (Å²) in [6.45, 7) is 1.63. The zero-order chi connectivity index (χ0) is 25.3. The van der Waals surface area contributed by atoms with E-state index in [0.717, 1.165) is 30.6 Å². The lowest BCUT2D eigenvalue weighted by Crippen LogP contribution is -2.70. The third-order valence-electron chi connectivity index (χ3n) is 5.79. The summed E-state index contributed by atoms with van der Waals surface area (Å²) >= 11 is 1.25. The van der Waals surface area contributed by atoms with E-state index in [-0.39, 0.29) is 48.6 Å². The largest absolute Gasteiger partial charge is 0.480 e. The third-order valence-corrected chi connectivity index (χ3v) is 7.13. The summed E-state index contributed by atoms with van der Waals surface area (Å²) in [6.07, 6.45) is 5.34. The number of aliphatic hydroxyl groups excluding tert-OH is 1. The highest BCUT2D eigenvalue weighted by Crippen LogP contribution is 2.40. The maximum absolute atomic E-state index is 12.4. The molecular formula is C22H33N3O8S. The Morgan fingerprint density at radius 1 is 1.06 bits per heavy atom. The van der Waals surface area contributed by atoms with Crippen LogP contribution >= 0.6 is 11.8 Å². The summed E-state index contributed by atoms with van der Waals surface area (Å²) in [4.78, 5) is 60.8. The standard InChI is InChI=1S/C22H33N3O8S/c1-2-3-4-5-6-9-15(27)23-14(21(30)31)8-7-10-16(28)24-17-19(29)25-18(22(32)33)13(11-26)12-34-20(17)25/h14,17,20,26H,2-12H2,1H3,(H,23,27)(H,24,28)(H,30,31)(H,32,33)/t14-,17?,20-/m1/s1. The lowest BCUT2D eigenvalue weighted by atomic mass is 10.0. The zero-order valence-corrected chi connectivity index (χ0v) is 20.1. The molecule has 34 heavy (non-hydrogen) atoms. The quantitative estimate of drug-likeness (QED) is 0.161. The first-order valence-electron chi connectivity index (χ1n) is 11.5. The SMILES string of the molecule is CCCCCCCC(=O)N[C@H](CCCC(=O)NC1C(=O)N2C(C(=O)O)=C(CO)CS[C@H]12)C(=O)O. The van der Waals surface area contributed by atoms with Gasteiger partial charge in [-0.05, 0) is 24.8 Å². The Hall–Kier alpha value is -2.60. The number of hydrogen-bond donors (Lipinski definition) is 5. The van der Waals surface area contributed by atoms with Gasteiger partial charge < -0.3 is 26.0 Å². The van der Waals surface area contributed by atoms with E-state index in [1.807, 2.05) is 0 Å². The Kier molecular flexibility index (Phi) is 10.8. The molecule has 0 aromatic carbocycles. The van der Waals surface area contributed by atoms with Crippen LogP contribution in [-0.4, -0.2) is 79.7 Å². The molecule has 0 bridgehead atoms. The minimum absolute atomic E-state index is 0.0403. The van der Waals surface area contributed by atoms with Crippen molar-refractivity contribution < 1.29 is 39.3 Å². The van der Waals surface area contributed by atoms with Gasteiger partial charge in [-0.25, -0.2) is 9.59 Å². The summed E-state index contributed by atoms with van der Waals surface area (Å²) in [5.74, 6) is -3.60. The van der Waals surface area contributed by atoms with E-state index in [1.54, 1.807) is 0 Å². The number of carboxylic acids is 2. The number of aliphatic carboxylic acids is 2. The molecule has 2 aliphatic rings. The van der Waals surface area contributed by atoms with Gasteiger partial charge >= 0.3 is 11.9 Å². The number of nitrogens with one attached hydrogen (secondary N) is 2. The minimum Gasteiger partial charge on any atom is -0.480 e. The van der Waals surface area contributed by atoms with Gasteiger partial charge in [-0.1, -0.05) is 32.6 Å². The lowest BCUT2D eigenvalue weighted by Gasteiger charge is -2.49. The van der Waals surface area contributed by atoms with Crippen molar-refractivity contribution >= 4 is 41.4 Å². The van der Waals surface area contributed by atoms with Crippen molar-refractivity contribution in [2.45, 2.75) is 82.2 Å². The molecule has 1 unspecified atom stereocenters. The number of carboxylic acid groups (broad SMARTS) is 2. The fourth-order valence-corrected chi connectivity index (χ4v) is 5.27. The van der Waals surface area contributed by atoms with E-state index < -0.39 is 47.8 Å². The van der Waals surface area contributed by atoms with Gasteiger partial charge in [-0.2, -0.15) is 0 Å². The van der Waals surface area contributed by atoms with Crippen LogP contribution in [0.4, 0.5) is 0 Å². The Morgan fingerprint density at radius 2 is 1.74 bits per heavy atom. The number of β-lactam (4-membered cyclic amide) rings is 1. The third kappa shape index (κ3) is 7.20. The second kappa shape index (κ2) is 13.3. The summed E-state index contributed by atoms with van der Waals surface area (Å²) in [5.41, 5.74) is 0.00162. The van der Waals surface area contributed by atoms with Crippen molar-refractivity contribution in [3.63, 3.8) is 0 Å². The van der Waals surface area contributed by atoms with Gasteiger partial charge in [-0.3, -0.25) is 19.3 Å². The molecule has 2 aliphatic heterocycles. The van der Waals surface area contributed by atoms with E-state index in [4.69, 9.17) is 0 Å². The predicted molar refractivity (Wildman–Crippen MR) is 124 cm³/mol. The fourth-order valence-electron chi connectivity index (χ4n) is 3.93. The number of fused-ring (bicyclic) bond motifs is 1. The monoisotopic (exact) mass is 499 g/mol. The molecule has 1 fully saturated rings. The van der Waals surface area contributed by atoms with Gasteiger partial charge in [0.15, 0.2) is 0 Å². The minimum atomic E-state index is -1.31. The molecule has 0 aromatic heterocycles. The molecule has 3 amide bonds. The van der Waals surface area contributed by atoms with Crippen molar-refractivity contribution in [2.75, 3.05) is 12.4 Å². The van der Waals surface area contributed by atoms with Crippen LogP contribution in [0.3, 0.4) is 0 Å². The van der Waals surface area contributed by atoms with Gasteiger partial charge in [0.05, 0.1) is 6.61 Å². The van der Waals surface area contributed by atoms with Crippen LogP contribution in [0.2, 0.25) is 0 Å². The van der Waals surface area contributed by atoms with Crippen molar-refractivity contribution in [2.24, 2.45) is 0 Å². The number of nitrogens with zero attached hydrogens (tertiary/aromatic N) is 1. The number of carbonyl (C=O) groups is 5. The maximum Gasteiger partial charge on any atom is 0.352 e. The first kappa shape index (κ1) is 27.6. The smallest absolute Gasteiger partial charge is 0.352 e. The van der Waals surface area contributed by atoms with E-state index in [0.29, 0.717) is 6.42 Å². The van der Waals surface area contributed by atoms with Gasteiger partial charge in [0, 0.05) is 18.6 Å². The number of amides is 3. The zero-order valence-electron chi connectivity index (χ0n) is 19.2. The molecule has 5 N–H and O–H groups in total. The predicted octanol–water partition coefficient (Wildman–Crippen LogP) is 0.818.